The molecule has 0 saturated heterocycles. The molecule has 0 radical (unpaired) electrons. The monoisotopic (exact) mass is 295 g/mol. The molecule has 0 atom stereocenters. The van der Waals surface area contributed by atoms with Crippen LogP contribution in [0.4, 0.5) is 0 Å². The van der Waals surface area contributed by atoms with Crippen LogP contribution in [0.5, 0.6) is 0 Å². The number of nitrogens with zero attached hydrogens (tertiary/aromatic N) is 1. The molecule has 0 amide bonds. The van der Waals surface area contributed by atoms with Crippen molar-refractivity contribution in [1.82, 2.24) is 15.3 Å². The topological polar surface area (TPSA) is 78.0 Å². The minimum Gasteiger partial charge on any atom is -0.396 e. The number of nitrogens with one attached hydrogen (secondary N) is 2. The third kappa shape index (κ3) is 3.88. The van der Waals surface area contributed by atoms with Gasteiger partial charge in [0.05, 0.1) is 12.1 Å². The van der Waals surface area contributed by atoms with E-state index in [0.717, 1.165) is 24.9 Å². The summed E-state index contributed by atoms with van der Waals surface area (Å²) in [5.74, 6) is 0.666. The van der Waals surface area contributed by atoms with Crippen molar-refractivity contribution in [3.05, 3.63) is 27.6 Å². The van der Waals surface area contributed by atoms with E-state index in [1.165, 1.54) is 11.3 Å². The van der Waals surface area contributed by atoms with Crippen LogP contribution in [-0.4, -0.2) is 28.2 Å². The molecular weight excluding hydrogens is 274 g/mol. The van der Waals surface area contributed by atoms with Crippen molar-refractivity contribution in [3.8, 4) is 0 Å². The van der Waals surface area contributed by atoms with Crippen LogP contribution >= 0.6 is 11.3 Å². The number of hydrogen-bond donors (Lipinski definition) is 3. The van der Waals surface area contributed by atoms with Gasteiger partial charge in [0.25, 0.3) is 5.56 Å². The number of aliphatic hydroxyl groups is 1. The van der Waals surface area contributed by atoms with Gasteiger partial charge in [-0.1, -0.05) is 13.8 Å². The lowest BCUT2D eigenvalue weighted by Crippen LogP contribution is -2.30. The zero-order valence-corrected chi connectivity index (χ0v) is 12.7. The number of aromatic amines is 1. The van der Waals surface area contributed by atoms with Crippen LogP contribution < -0.4 is 10.9 Å². The molecule has 0 bridgehead atoms. The summed E-state index contributed by atoms with van der Waals surface area (Å²) in [6.45, 7) is 5.91. The first-order valence-electron chi connectivity index (χ1n) is 6.80. The average Bonchev–Trinajstić information content (AvgIpc) is 2.85. The summed E-state index contributed by atoms with van der Waals surface area (Å²) in [6.07, 6.45) is 1.77. The van der Waals surface area contributed by atoms with Gasteiger partial charge in [0.15, 0.2) is 0 Å². The molecule has 0 unspecified atom stereocenters. The lowest BCUT2D eigenvalue weighted by Gasteiger charge is -2.24. The summed E-state index contributed by atoms with van der Waals surface area (Å²) >= 11 is 1.41. The molecule has 2 aromatic heterocycles. The van der Waals surface area contributed by atoms with E-state index in [1.807, 2.05) is 11.4 Å². The lowest BCUT2D eigenvalue weighted by atomic mass is 9.88. The summed E-state index contributed by atoms with van der Waals surface area (Å²) in [6, 6.07) is 1.87. The van der Waals surface area contributed by atoms with Crippen LogP contribution in [0, 0.1) is 5.41 Å². The number of rotatable bonds is 7. The highest BCUT2D eigenvalue weighted by Crippen LogP contribution is 2.20. The molecule has 0 aliphatic carbocycles. The number of hydrogen-bond acceptors (Lipinski definition) is 5. The Morgan fingerprint density at radius 1 is 1.50 bits per heavy atom. The predicted octanol–water partition coefficient (Wildman–Crippen LogP) is 1.87. The molecule has 20 heavy (non-hydrogen) atoms. The van der Waals surface area contributed by atoms with Gasteiger partial charge in [-0.3, -0.25) is 4.79 Å². The Morgan fingerprint density at radius 3 is 3.05 bits per heavy atom. The minimum atomic E-state index is -0.0682. The van der Waals surface area contributed by atoms with Crippen molar-refractivity contribution >= 4 is 21.6 Å². The van der Waals surface area contributed by atoms with Crippen molar-refractivity contribution < 1.29 is 5.11 Å². The molecule has 0 aliphatic heterocycles. The Labute approximate surface area is 122 Å². The fourth-order valence-electron chi connectivity index (χ4n) is 2.17. The van der Waals surface area contributed by atoms with Crippen molar-refractivity contribution in [3.63, 3.8) is 0 Å². The summed E-state index contributed by atoms with van der Waals surface area (Å²) in [7, 11) is 0. The predicted molar refractivity (Wildman–Crippen MR) is 82.0 cm³/mol. The second-order valence-corrected chi connectivity index (χ2v) is 6.66. The highest BCUT2D eigenvalue weighted by molar-refractivity contribution is 7.17. The number of aromatic nitrogens is 2. The van der Waals surface area contributed by atoms with Gasteiger partial charge in [0, 0.05) is 13.2 Å². The fraction of sp³-hybridized carbons (Fsp3) is 0.571. The van der Waals surface area contributed by atoms with Gasteiger partial charge in [-0.2, -0.15) is 0 Å². The Bertz CT molecular complexity index is 618. The Hall–Kier alpha value is -1.24. The zero-order valence-electron chi connectivity index (χ0n) is 11.9. The van der Waals surface area contributed by atoms with Crippen LogP contribution in [0.25, 0.3) is 10.2 Å². The van der Waals surface area contributed by atoms with Gasteiger partial charge in [-0.15, -0.1) is 11.3 Å². The SMILES string of the molecule is CC(C)(CCCO)CNCc1nc2ccsc2c(=O)[nH]1. The molecule has 6 heteroatoms. The molecule has 2 heterocycles. The normalized spacial score (nSPS) is 12.2. The third-order valence-electron chi connectivity index (χ3n) is 3.27. The van der Waals surface area contributed by atoms with E-state index in [4.69, 9.17) is 5.11 Å². The molecule has 0 saturated carbocycles. The molecule has 110 valence electrons. The average molecular weight is 295 g/mol. The maximum absolute atomic E-state index is 11.8. The number of thiophene rings is 1. The van der Waals surface area contributed by atoms with Crippen LogP contribution in [0.2, 0.25) is 0 Å². The van der Waals surface area contributed by atoms with Crippen molar-refractivity contribution in [2.75, 3.05) is 13.2 Å². The second kappa shape index (κ2) is 6.47. The van der Waals surface area contributed by atoms with E-state index in [2.05, 4.69) is 29.1 Å². The number of fused-ring (bicyclic) bond motifs is 1. The maximum Gasteiger partial charge on any atom is 0.268 e. The van der Waals surface area contributed by atoms with Crippen LogP contribution in [0.3, 0.4) is 0 Å². The van der Waals surface area contributed by atoms with E-state index in [-0.39, 0.29) is 17.6 Å². The second-order valence-electron chi connectivity index (χ2n) is 5.74. The van der Waals surface area contributed by atoms with E-state index in [0.29, 0.717) is 17.1 Å². The van der Waals surface area contributed by atoms with Gasteiger partial charge in [0.2, 0.25) is 0 Å². The maximum atomic E-state index is 11.8. The van der Waals surface area contributed by atoms with Crippen molar-refractivity contribution in [1.29, 1.82) is 0 Å². The molecule has 2 aromatic rings. The standard InChI is InChI=1S/C14H21N3O2S/c1-14(2,5-3-6-18)9-15-8-11-16-10-4-7-20-12(10)13(19)17-11/h4,7,15,18H,3,5-6,8-9H2,1-2H3,(H,16,17,19). The van der Waals surface area contributed by atoms with E-state index in [9.17, 15) is 4.79 Å². The first-order valence-corrected chi connectivity index (χ1v) is 7.68. The number of H-pyrrole nitrogens is 1. The first kappa shape index (κ1) is 15.2. The molecule has 2 rings (SSSR count). The highest BCUT2D eigenvalue weighted by atomic mass is 32.1. The Balaban J connectivity index is 1.94. The summed E-state index contributed by atoms with van der Waals surface area (Å²) in [5.41, 5.74) is 0.812. The summed E-state index contributed by atoms with van der Waals surface area (Å²) in [5, 5.41) is 14.1. The summed E-state index contributed by atoms with van der Waals surface area (Å²) < 4.78 is 0.678. The smallest absolute Gasteiger partial charge is 0.268 e. The van der Waals surface area contributed by atoms with Crippen molar-refractivity contribution in [2.45, 2.75) is 33.2 Å². The van der Waals surface area contributed by atoms with Crippen LogP contribution in [0.1, 0.15) is 32.5 Å². The molecule has 5 nitrogen and oxygen atoms in total. The quantitative estimate of drug-likeness (QED) is 0.729. The minimum absolute atomic E-state index is 0.0682. The molecule has 0 fully saturated rings. The molecular formula is C14H21N3O2S. The van der Waals surface area contributed by atoms with E-state index >= 15 is 0 Å². The van der Waals surface area contributed by atoms with Crippen LogP contribution in [-0.2, 0) is 6.54 Å². The number of aliphatic hydroxyl groups excluding tert-OH is 1. The molecule has 0 aliphatic rings. The highest BCUT2D eigenvalue weighted by Gasteiger charge is 2.16. The molecule has 0 aromatic carbocycles. The summed E-state index contributed by atoms with van der Waals surface area (Å²) in [4.78, 5) is 19.1. The first-order chi connectivity index (χ1) is 9.52. The third-order valence-corrected chi connectivity index (χ3v) is 4.17. The van der Waals surface area contributed by atoms with Gasteiger partial charge >= 0.3 is 0 Å². The Morgan fingerprint density at radius 2 is 2.30 bits per heavy atom. The Kier molecular flexibility index (Phi) is 4.91. The molecule has 0 spiro atoms. The van der Waals surface area contributed by atoms with Crippen molar-refractivity contribution in [2.24, 2.45) is 5.41 Å². The van der Waals surface area contributed by atoms with Gasteiger partial charge < -0.3 is 15.4 Å². The zero-order chi connectivity index (χ0) is 14.6. The largest absolute Gasteiger partial charge is 0.396 e. The van der Waals surface area contributed by atoms with Gasteiger partial charge in [0.1, 0.15) is 10.5 Å². The van der Waals surface area contributed by atoms with Gasteiger partial charge in [-0.25, -0.2) is 4.98 Å². The lowest BCUT2D eigenvalue weighted by molar-refractivity contribution is 0.236. The van der Waals surface area contributed by atoms with Gasteiger partial charge in [-0.05, 0) is 29.7 Å². The fourth-order valence-corrected chi connectivity index (χ4v) is 2.90. The van der Waals surface area contributed by atoms with E-state index < -0.39 is 0 Å². The van der Waals surface area contributed by atoms with Crippen LogP contribution in [0.15, 0.2) is 16.2 Å². The van der Waals surface area contributed by atoms with E-state index in [1.54, 1.807) is 0 Å². The molecule has 3 N–H and O–H groups in total.